The zero-order chi connectivity index (χ0) is 9.26. The molecule has 2 N–H and O–H groups in total. The second kappa shape index (κ2) is 3.64. The topological polar surface area (TPSA) is 52.6 Å². The molecule has 0 unspecified atom stereocenters. The van der Waals surface area contributed by atoms with Crippen molar-refractivity contribution in [2.24, 2.45) is 0 Å². The molecule has 0 radical (unpaired) electrons. The van der Waals surface area contributed by atoms with Crippen LogP contribution < -0.4 is 5.32 Å². The number of rotatable bonds is 3. The first kappa shape index (κ1) is 8.97. The van der Waals surface area contributed by atoms with Crippen LogP contribution in [0.5, 0.6) is 0 Å². The molecule has 0 aromatic carbocycles. The minimum atomic E-state index is -0.305. The fourth-order valence-electron chi connectivity index (χ4n) is 1.65. The third-order valence-corrected chi connectivity index (χ3v) is 2.90. The van der Waals surface area contributed by atoms with Gasteiger partial charge in [0.2, 0.25) is 5.91 Å². The number of aliphatic hydroxyl groups is 1. The first-order valence-electron chi connectivity index (χ1n) is 4.95. The predicted octanol–water partition coefficient (Wildman–Crippen LogP) is -0.668. The van der Waals surface area contributed by atoms with Gasteiger partial charge in [-0.1, -0.05) is 0 Å². The molecule has 0 aromatic heterocycles. The van der Waals surface area contributed by atoms with E-state index >= 15 is 0 Å². The lowest BCUT2D eigenvalue weighted by molar-refractivity contribution is -0.126. The Hall–Kier alpha value is -0.610. The van der Waals surface area contributed by atoms with E-state index in [1.165, 1.54) is 6.42 Å². The molecule has 1 amide bonds. The monoisotopic (exact) mass is 184 g/mol. The highest BCUT2D eigenvalue weighted by atomic mass is 16.3. The molecule has 1 saturated heterocycles. The summed E-state index contributed by atoms with van der Waals surface area (Å²) in [5.74, 6) is 0.0588. The third-order valence-electron chi connectivity index (χ3n) is 2.90. The first-order valence-corrected chi connectivity index (χ1v) is 4.95. The third kappa shape index (κ3) is 2.00. The number of carbonyl (C=O) groups excluding carboxylic acids is 1. The first-order chi connectivity index (χ1) is 6.25. The van der Waals surface area contributed by atoms with E-state index in [-0.39, 0.29) is 18.1 Å². The Morgan fingerprint density at radius 2 is 2.23 bits per heavy atom. The summed E-state index contributed by atoms with van der Waals surface area (Å²) in [6.07, 6.45) is 2.65. The molecule has 2 atom stereocenters. The van der Waals surface area contributed by atoms with E-state index in [1.807, 2.05) is 0 Å². The average Bonchev–Trinajstić information content (AvgIpc) is 2.05. The van der Waals surface area contributed by atoms with Gasteiger partial charge in [-0.15, -0.1) is 0 Å². The summed E-state index contributed by atoms with van der Waals surface area (Å²) < 4.78 is 0. The fraction of sp³-hybridized carbons (Fsp3) is 0.889. The maximum absolute atomic E-state index is 11.3. The van der Waals surface area contributed by atoms with Crippen LogP contribution in [0.1, 0.15) is 19.3 Å². The molecule has 4 nitrogen and oxygen atoms in total. The molecule has 1 heterocycles. The largest absolute Gasteiger partial charge is 0.391 e. The van der Waals surface area contributed by atoms with Crippen LogP contribution in [0, 0.1) is 0 Å². The standard InChI is InChI=1S/C9H16N2O2/c12-8-3-2-7(8)10-9(13)6-11-4-1-5-11/h7-8,12H,1-6H2,(H,10,13)/t7-,8-/m1/s1. The van der Waals surface area contributed by atoms with Gasteiger partial charge in [0.25, 0.3) is 0 Å². The van der Waals surface area contributed by atoms with Crippen LogP contribution in [-0.4, -0.2) is 47.7 Å². The molecule has 13 heavy (non-hydrogen) atoms. The molecular weight excluding hydrogens is 168 g/mol. The molecule has 4 heteroatoms. The Bertz CT molecular complexity index is 204. The van der Waals surface area contributed by atoms with Gasteiger partial charge in [-0.05, 0) is 32.4 Å². The molecular formula is C9H16N2O2. The highest BCUT2D eigenvalue weighted by Crippen LogP contribution is 2.19. The van der Waals surface area contributed by atoms with Gasteiger partial charge in [-0.25, -0.2) is 0 Å². The van der Waals surface area contributed by atoms with Crippen molar-refractivity contribution in [2.45, 2.75) is 31.4 Å². The summed E-state index contributed by atoms with van der Waals surface area (Å²) >= 11 is 0. The molecule has 0 bridgehead atoms. The summed E-state index contributed by atoms with van der Waals surface area (Å²) in [7, 11) is 0. The summed E-state index contributed by atoms with van der Waals surface area (Å²) in [6, 6.07) is 0.0220. The molecule has 0 aromatic rings. The van der Waals surface area contributed by atoms with Gasteiger partial charge in [-0.2, -0.15) is 0 Å². The number of nitrogens with zero attached hydrogens (tertiary/aromatic N) is 1. The van der Waals surface area contributed by atoms with Gasteiger partial charge < -0.3 is 10.4 Å². The van der Waals surface area contributed by atoms with E-state index in [0.717, 1.165) is 25.9 Å². The van der Waals surface area contributed by atoms with Crippen LogP contribution in [0.2, 0.25) is 0 Å². The lowest BCUT2D eigenvalue weighted by Crippen LogP contribution is -2.53. The Kier molecular flexibility index (Phi) is 2.51. The summed E-state index contributed by atoms with van der Waals surface area (Å²) in [6.45, 7) is 2.59. The number of carbonyl (C=O) groups is 1. The molecule has 2 aliphatic rings. The summed E-state index contributed by atoms with van der Waals surface area (Å²) in [4.78, 5) is 13.4. The smallest absolute Gasteiger partial charge is 0.234 e. The van der Waals surface area contributed by atoms with Crippen molar-refractivity contribution in [3.63, 3.8) is 0 Å². The Balaban J connectivity index is 1.65. The highest BCUT2D eigenvalue weighted by molar-refractivity contribution is 5.78. The zero-order valence-corrected chi connectivity index (χ0v) is 7.70. The number of aliphatic hydroxyl groups excluding tert-OH is 1. The van der Waals surface area contributed by atoms with Crippen LogP contribution in [0.25, 0.3) is 0 Å². The lowest BCUT2D eigenvalue weighted by atomic mass is 9.89. The van der Waals surface area contributed by atoms with Crippen molar-refractivity contribution in [1.29, 1.82) is 0 Å². The molecule has 1 aliphatic carbocycles. The van der Waals surface area contributed by atoms with E-state index in [9.17, 15) is 9.90 Å². The van der Waals surface area contributed by atoms with Crippen molar-refractivity contribution in [1.82, 2.24) is 10.2 Å². The van der Waals surface area contributed by atoms with Crippen molar-refractivity contribution >= 4 is 5.91 Å². The van der Waals surface area contributed by atoms with E-state index in [2.05, 4.69) is 10.2 Å². The SMILES string of the molecule is O=C(CN1CCC1)N[C@@H]1CC[C@H]1O. The van der Waals surface area contributed by atoms with Gasteiger partial charge in [0, 0.05) is 0 Å². The molecule has 0 spiro atoms. The van der Waals surface area contributed by atoms with E-state index < -0.39 is 0 Å². The second-order valence-electron chi connectivity index (χ2n) is 3.95. The van der Waals surface area contributed by atoms with Gasteiger partial charge in [0.1, 0.15) is 0 Å². The lowest BCUT2D eigenvalue weighted by Gasteiger charge is -2.35. The van der Waals surface area contributed by atoms with Crippen LogP contribution in [0.3, 0.4) is 0 Å². The van der Waals surface area contributed by atoms with Crippen LogP contribution in [0.4, 0.5) is 0 Å². The normalized spacial score (nSPS) is 33.3. The van der Waals surface area contributed by atoms with Gasteiger partial charge in [0.15, 0.2) is 0 Å². The number of hydrogen-bond donors (Lipinski definition) is 2. The van der Waals surface area contributed by atoms with Gasteiger partial charge >= 0.3 is 0 Å². The van der Waals surface area contributed by atoms with Crippen molar-refractivity contribution in [3.05, 3.63) is 0 Å². The number of nitrogens with one attached hydrogen (secondary N) is 1. The van der Waals surface area contributed by atoms with Crippen molar-refractivity contribution < 1.29 is 9.90 Å². The molecule has 74 valence electrons. The summed E-state index contributed by atoms with van der Waals surface area (Å²) in [5.41, 5.74) is 0. The quantitative estimate of drug-likeness (QED) is 0.611. The number of hydrogen-bond acceptors (Lipinski definition) is 3. The average molecular weight is 184 g/mol. The molecule has 2 fully saturated rings. The minimum Gasteiger partial charge on any atom is -0.391 e. The highest BCUT2D eigenvalue weighted by Gasteiger charge is 2.30. The fourth-order valence-corrected chi connectivity index (χ4v) is 1.65. The Labute approximate surface area is 77.9 Å². The number of amides is 1. The van der Waals surface area contributed by atoms with Crippen LogP contribution in [-0.2, 0) is 4.79 Å². The summed E-state index contributed by atoms with van der Waals surface area (Å²) in [5, 5.41) is 12.1. The van der Waals surface area contributed by atoms with Gasteiger partial charge in [-0.3, -0.25) is 9.69 Å². The van der Waals surface area contributed by atoms with Crippen molar-refractivity contribution in [3.8, 4) is 0 Å². The Morgan fingerprint density at radius 3 is 2.62 bits per heavy atom. The molecule has 2 rings (SSSR count). The van der Waals surface area contributed by atoms with Crippen molar-refractivity contribution in [2.75, 3.05) is 19.6 Å². The number of likely N-dealkylation sites (tertiary alicyclic amines) is 1. The maximum Gasteiger partial charge on any atom is 0.234 e. The molecule has 1 aliphatic heterocycles. The van der Waals surface area contributed by atoms with Crippen LogP contribution >= 0.6 is 0 Å². The van der Waals surface area contributed by atoms with E-state index in [0.29, 0.717) is 6.54 Å². The maximum atomic E-state index is 11.3. The van der Waals surface area contributed by atoms with Crippen LogP contribution in [0.15, 0.2) is 0 Å². The van der Waals surface area contributed by atoms with E-state index in [4.69, 9.17) is 0 Å². The minimum absolute atomic E-state index is 0.0220. The molecule has 1 saturated carbocycles. The second-order valence-corrected chi connectivity index (χ2v) is 3.95. The Morgan fingerprint density at radius 1 is 1.46 bits per heavy atom. The van der Waals surface area contributed by atoms with Gasteiger partial charge in [0.05, 0.1) is 18.7 Å². The zero-order valence-electron chi connectivity index (χ0n) is 7.70. The predicted molar refractivity (Wildman–Crippen MR) is 48.2 cm³/mol. The van der Waals surface area contributed by atoms with E-state index in [1.54, 1.807) is 0 Å².